The summed E-state index contributed by atoms with van der Waals surface area (Å²) in [5.74, 6) is 0.915. The minimum atomic E-state index is -3.59. The number of hydrogen-bond acceptors (Lipinski definition) is 3. The summed E-state index contributed by atoms with van der Waals surface area (Å²) in [6, 6.07) is 7.01. The van der Waals surface area contributed by atoms with E-state index in [1.807, 2.05) is 12.1 Å². The average Bonchev–Trinajstić information content (AvgIpc) is 2.43. The zero-order valence-corrected chi connectivity index (χ0v) is 15.6. The number of nitrogens with zero attached hydrogens (tertiary/aromatic N) is 1. The van der Waals surface area contributed by atoms with Crippen molar-refractivity contribution in [3.8, 4) is 0 Å². The molecule has 1 saturated carbocycles. The van der Waals surface area contributed by atoms with Crippen LogP contribution < -0.4 is 4.83 Å². The van der Waals surface area contributed by atoms with Crippen molar-refractivity contribution in [3.05, 3.63) is 29.8 Å². The summed E-state index contributed by atoms with van der Waals surface area (Å²) < 4.78 is 24.8. The summed E-state index contributed by atoms with van der Waals surface area (Å²) in [6.45, 7) is 10.8. The second-order valence-electron chi connectivity index (χ2n) is 7.85. The van der Waals surface area contributed by atoms with Gasteiger partial charge in [-0.2, -0.15) is 13.5 Å². The van der Waals surface area contributed by atoms with Gasteiger partial charge in [0.2, 0.25) is 0 Å². The van der Waals surface area contributed by atoms with Gasteiger partial charge in [-0.25, -0.2) is 4.83 Å². The molecule has 1 aromatic rings. The van der Waals surface area contributed by atoms with Gasteiger partial charge in [-0.15, -0.1) is 0 Å². The Kier molecular flexibility index (Phi) is 5.19. The highest BCUT2D eigenvalue weighted by Gasteiger charge is 2.29. The number of nitrogens with one attached hydrogen (secondary N) is 1. The molecular weight excluding hydrogens is 308 g/mol. The van der Waals surface area contributed by atoms with Crippen LogP contribution in [0.1, 0.15) is 65.4 Å². The van der Waals surface area contributed by atoms with Crippen molar-refractivity contribution in [2.45, 2.75) is 64.7 Å². The summed E-state index contributed by atoms with van der Waals surface area (Å²) in [6.07, 6.45) is 2.85. The number of rotatable bonds is 4. The van der Waals surface area contributed by atoms with Gasteiger partial charge in [0.1, 0.15) is 0 Å². The number of benzene rings is 1. The monoisotopic (exact) mass is 336 g/mol. The first-order valence-electron chi connectivity index (χ1n) is 8.26. The maximum absolute atomic E-state index is 12.4. The van der Waals surface area contributed by atoms with Gasteiger partial charge in [-0.3, -0.25) is 0 Å². The van der Waals surface area contributed by atoms with Gasteiger partial charge in [0.25, 0.3) is 10.0 Å². The highest BCUT2D eigenvalue weighted by Crippen LogP contribution is 2.36. The van der Waals surface area contributed by atoms with Gasteiger partial charge in [-0.05, 0) is 54.2 Å². The minimum Gasteiger partial charge on any atom is -0.200 e. The number of hydrogen-bond donors (Lipinski definition) is 1. The zero-order valence-electron chi connectivity index (χ0n) is 14.8. The largest absolute Gasteiger partial charge is 0.276 e. The van der Waals surface area contributed by atoms with Crippen LogP contribution in [0.3, 0.4) is 0 Å². The van der Waals surface area contributed by atoms with Crippen LogP contribution in [-0.4, -0.2) is 14.1 Å². The number of sulfonamides is 1. The standard InChI is InChI=1S/C18H28N2O2S/c1-13(2)15-6-8-17(9-7-15)23(21,22)20-19-16-10-14(3)11-18(4,5)12-16/h6-9,13-14,20H,10-12H2,1-5H3/b19-16+/t14-/m0/s1. The Bertz CT molecular complexity index is 673. The lowest BCUT2D eigenvalue weighted by Gasteiger charge is -2.34. The Hall–Kier alpha value is -1.36. The Balaban J connectivity index is 2.13. The summed E-state index contributed by atoms with van der Waals surface area (Å²) in [5.41, 5.74) is 2.25. The van der Waals surface area contributed by atoms with Gasteiger partial charge in [0, 0.05) is 5.71 Å². The van der Waals surface area contributed by atoms with Crippen LogP contribution in [-0.2, 0) is 10.0 Å². The van der Waals surface area contributed by atoms with E-state index in [0.717, 1.165) is 30.5 Å². The predicted molar refractivity (Wildman–Crippen MR) is 95.1 cm³/mol. The topological polar surface area (TPSA) is 58.5 Å². The van der Waals surface area contributed by atoms with Crippen molar-refractivity contribution in [1.29, 1.82) is 0 Å². The van der Waals surface area contributed by atoms with Crippen LogP contribution in [0.5, 0.6) is 0 Å². The molecule has 0 spiro atoms. The first kappa shape index (κ1) is 18.0. The number of hydrazone groups is 1. The normalized spacial score (nSPS) is 23.2. The van der Waals surface area contributed by atoms with Crippen LogP contribution in [0.15, 0.2) is 34.3 Å². The Morgan fingerprint density at radius 2 is 1.83 bits per heavy atom. The van der Waals surface area contributed by atoms with E-state index in [-0.39, 0.29) is 10.3 Å². The van der Waals surface area contributed by atoms with Crippen molar-refractivity contribution in [1.82, 2.24) is 4.83 Å². The predicted octanol–water partition coefficient (Wildman–Crippen LogP) is 4.29. The first-order chi connectivity index (χ1) is 10.6. The summed E-state index contributed by atoms with van der Waals surface area (Å²) >= 11 is 0. The fourth-order valence-electron chi connectivity index (χ4n) is 3.41. The molecule has 2 rings (SSSR count). The molecule has 0 heterocycles. The molecule has 0 aliphatic heterocycles. The van der Waals surface area contributed by atoms with Gasteiger partial charge in [-0.1, -0.05) is 46.8 Å². The van der Waals surface area contributed by atoms with Crippen molar-refractivity contribution >= 4 is 15.7 Å². The lowest BCUT2D eigenvalue weighted by atomic mass is 9.72. The quantitative estimate of drug-likeness (QED) is 0.834. The Morgan fingerprint density at radius 1 is 1.22 bits per heavy atom. The van der Waals surface area contributed by atoms with Crippen molar-refractivity contribution in [3.63, 3.8) is 0 Å². The zero-order chi connectivity index (χ0) is 17.3. The van der Waals surface area contributed by atoms with Crippen molar-refractivity contribution < 1.29 is 8.42 Å². The molecule has 4 nitrogen and oxygen atoms in total. The van der Waals surface area contributed by atoms with E-state index < -0.39 is 10.0 Å². The molecule has 0 unspecified atom stereocenters. The molecular formula is C18H28N2O2S. The third-order valence-corrected chi connectivity index (χ3v) is 5.57. The third kappa shape index (κ3) is 4.80. The highest BCUT2D eigenvalue weighted by molar-refractivity contribution is 7.89. The van der Waals surface area contributed by atoms with Crippen LogP contribution in [0.4, 0.5) is 0 Å². The molecule has 0 saturated heterocycles. The smallest absolute Gasteiger partial charge is 0.200 e. The van der Waals surface area contributed by atoms with E-state index in [1.54, 1.807) is 12.1 Å². The fraction of sp³-hybridized carbons (Fsp3) is 0.611. The average molecular weight is 337 g/mol. The molecule has 1 aromatic carbocycles. The molecule has 1 atom stereocenters. The summed E-state index contributed by atoms with van der Waals surface area (Å²) in [7, 11) is -3.59. The van der Waals surface area contributed by atoms with Crippen LogP contribution in [0.2, 0.25) is 0 Å². The maximum atomic E-state index is 12.4. The van der Waals surface area contributed by atoms with E-state index in [4.69, 9.17) is 0 Å². The maximum Gasteiger partial charge on any atom is 0.276 e. The van der Waals surface area contributed by atoms with Gasteiger partial charge in [0.15, 0.2) is 0 Å². The van der Waals surface area contributed by atoms with Gasteiger partial charge < -0.3 is 0 Å². The highest BCUT2D eigenvalue weighted by atomic mass is 32.2. The summed E-state index contributed by atoms with van der Waals surface area (Å²) in [5, 5.41) is 4.21. The molecule has 0 bridgehead atoms. The first-order valence-corrected chi connectivity index (χ1v) is 9.74. The van der Waals surface area contributed by atoms with E-state index in [9.17, 15) is 8.42 Å². The summed E-state index contributed by atoms with van der Waals surface area (Å²) in [4.78, 5) is 2.67. The van der Waals surface area contributed by atoms with E-state index >= 15 is 0 Å². The molecule has 1 aliphatic rings. The lowest BCUT2D eigenvalue weighted by molar-refractivity contribution is 0.265. The van der Waals surface area contributed by atoms with E-state index in [2.05, 4.69) is 44.6 Å². The molecule has 0 radical (unpaired) electrons. The molecule has 1 N–H and O–H groups in total. The Morgan fingerprint density at radius 3 is 2.35 bits per heavy atom. The van der Waals surface area contributed by atoms with Gasteiger partial charge >= 0.3 is 0 Å². The fourth-order valence-corrected chi connectivity index (χ4v) is 4.26. The Labute approximate surface area is 140 Å². The molecule has 5 heteroatoms. The van der Waals surface area contributed by atoms with Crippen molar-refractivity contribution in [2.75, 3.05) is 0 Å². The molecule has 1 aliphatic carbocycles. The second-order valence-corrected chi connectivity index (χ2v) is 9.51. The molecule has 0 amide bonds. The molecule has 1 fully saturated rings. The van der Waals surface area contributed by atoms with Crippen molar-refractivity contribution in [2.24, 2.45) is 16.4 Å². The van der Waals surface area contributed by atoms with Gasteiger partial charge in [0.05, 0.1) is 4.90 Å². The lowest BCUT2D eigenvalue weighted by Crippen LogP contribution is -2.30. The second kappa shape index (κ2) is 6.63. The molecule has 23 heavy (non-hydrogen) atoms. The SMILES string of the molecule is CC(C)c1ccc(S(=O)(=O)N/N=C2\C[C@H](C)CC(C)(C)C2)cc1. The van der Waals surface area contributed by atoms with Crippen LogP contribution >= 0.6 is 0 Å². The molecule has 0 aromatic heterocycles. The van der Waals surface area contributed by atoms with Crippen LogP contribution in [0.25, 0.3) is 0 Å². The molecule has 128 valence electrons. The van der Waals surface area contributed by atoms with Crippen LogP contribution in [0, 0.1) is 11.3 Å². The third-order valence-electron chi connectivity index (χ3n) is 4.35. The minimum absolute atomic E-state index is 0.181. The van der Waals surface area contributed by atoms with E-state index in [1.165, 1.54) is 0 Å². The van der Waals surface area contributed by atoms with E-state index in [0.29, 0.717) is 11.8 Å².